The summed E-state index contributed by atoms with van der Waals surface area (Å²) in [5, 5.41) is 67.3. The van der Waals surface area contributed by atoms with Crippen LogP contribution in [0.1, 0.15) is 33.6 Å². The molecule has 5 aliphatic heterocycles. The van der Waals surface area contributed by atoms with Gasteiger partial charge in [-0.2, -0.15) is 0 Å². The number of amides is 1. The number of carbonyl (C=O) groups is 1. The molecule has 55 heavy (non-hydrogen) atoms. The molecule has 5 rings (SSSR count). The predicted molar refractivity (Wildman–Crippen MR) is 181 cm³/mol. The van der Waals surface area contributed by atoms with Gasteiger partial charge in [-0.15, -0.1) is 0 Å². The molecule has 1 unspecified atom stereocenters. The Balaban J connectivity index is 1.44. The van der Waals surface area contributed by atoms with Crippen molar-refractivity contribution in [3.8, 4) is 0 Å². The molecule has 5 aliphatic rings. The van der Waals surface area contributed by atoms with Crippen molar-refractivity contribution in [2.24, 2.45) is 5.73 Å². The Hall–Kier alpha value is -0.900. The summed E-state index contributed by atoms with van der Waals surface area (Å²) < 4.78 is 70.5. The highest BCUT2D eigenvalue weighted by atomic mass is 31.2. The van der Waals surface area contributed by atoms with Crippen LogP contribution in [-0.2, 0) is 61.2 Å². The first-order valence-electron chi connectivity index (χ1n) is 18.4. The highest BCUT2D eigenvalue weighted by Gasteiger charge is 2.57. The van der Waals surface area contributed by atoms with Crippen molar-refractivity contribution in [2.75, 3.05) is 52.8 Å². The quantitative estimate of drug-likeness (QED) is 0.0496. The molecule has 0 saturated carbocycles. The molecule has 1 amide bonds. The summed E-state index contributed by atoms with van der Waals surface area (Å²) in [6.07, 6.45) is -21.5. The Morgan fingerprint density at radius 2 is 1.35 bits per heavy atom. The SMILES string of the molecule is CC(=O)N[C@H]1[C@H](OCCOCCOCCN)O[C@H](CO)[C@@H](O[C@@H]2O[C@@H](C)[C@@H](O)C[C@@H]2O)[C@@H]1O[C@@H]1O[C@@H]2COP(O)O[C@@H]2[C@H](O)[C@H]1O[C@@H]1O[C@@H](C)[C@@H](O)C[C@@H]1O. The van der Waals surface area contributed by atoms with E-state index in [1.165, 1.54) is 6.92 Å². The molecule has 22 nitrogen and oxygen atoms in total. The summed E-state index contributed by atoms with van der Waals surface area (Å²) >= 11 is 0. The molecular weight excluding hydrogens is 763 g/mol. The Bertz CT molecular complexity index is 1170. The van der Waals surface area contributed by atoms with Gasteiger partial charge in [-0.1, -0.05) is 0 Å². The molecule has 5 saturated heterocycles. The van der Waals surface area contributed by atoms with Gasteiger partial charge in [0.1, 0.15) is 61.0 Å². The van der Waals surface area contributed by atoms with Crippen LogP contribution in [0, 0.1) is 0 Å². The average molecular weight is 821 g/mol. The summed E-state index contributed by atoms with van der Waals surface area (Å²) in [6.45, 7) is 4.80. The molecule has 0 radical (unpaired) electrons. The van der Waals surface area contributed by atoms with E-state index in [9.17, 15) is 40.3 Å². The van der Waals surface area contributed by atoms with Gasteiger partial charge in [0.25, 0.3) is 0 Å². The summed E-state index contributed by atoms with van der Waals surface area (Å²) in [5.74, 6) is -0.551. The fourth-order valence-corrected chi connectivity index (χ4v) is 7.62. The first-order valence-corrected chi connectivity index (χ1v) is 19.6. The lowest BCUT2D eigenvalue weighted by atomic mass is 9.94. The van der Waals surface area contributed by atoms with Crippen LogP contribution in [0.3, 0.4) is 0 Å². The zero-order chi connectivity index (χ0) is 39.8. The number of nitrogens with two attached hydrogens (primary N) is 1. The number of carbonyl (C=O) groups excluding carboxylic acids is 1. The van der Waals surface area contributed by atoms with E-state index in [4.69, 9.17) is 62.1 Å². The molecule has 0 bridgehead atoms. The van der Waals surface area contributed by atoms with Crippen LogP contribution in [0.5, 0.6) is 0 Å². The van der Waals surface area contributed by atoms with Crippen molar-refractivity contribution in [2.45, 2.75) is 144 Å². The standard InChI is InChI=1S/C32H57N2O20P/c1-14-17(37)10-19(39)29(47-14)51-26-21(12-35)49-31(45-9-8-44-7-6-43-5-4-33)23(34-16(3)36)27(26)52-32-28(53-30-20(40)11-18(38)15(2)48-30)24(41)25-22(50-32)13-46-55(42)54-25/h14-15,17-32,35,37-42H,4-13,33H2,1-3H3,(H,34,36)/t14-,15-,17-,18-,19-,20-,21+,22+,23+,24-,25-,26+,27+,28+,29-,30-,31+,32-,55?/m0/s1. The number of nitrogens with one attached hydrogen (secondary N) is 1. The Kier molecular flexibility index (Phi) is 17.6. The predicted octanol–water partition coefficient (Wildman–Crippen LogP) is -4.19. The first-order chi connectivity index (χ1) is 26.3. The zero-order valence-corrected chi connectivity index (χ0v) is 31.8. The Morgan fingerprint density at radius 1 is 0.764 bits per heavy atom. The lowest BCUT2D eigenvalue weighted by Crippen LogP contribution is -2.70. The Labute approximate surface area is 319 Å². The van der Waals surface area contributed by atoms with Gasteiger partial charge >= 0.3 is 8.60 Å². The van der Waals surface area contributed by atoms with Crippen molar-refractivity contribution < 1.29 is 96.7 Å². The molecule has 0 aliphatic carbocycles. The van der Waals surface area contributed by atoms with Crippen LogP contribution in [-0.4, -0.2) is 205 Å². The van der Waals surface area contributed by atoms with Gasteiger partial charge in [0.2, 0.25) is 5.91 Å². The van der Waals surface area contributed by atoms with Gasteiger partial charge in [-0.25, -0.2) is 0 Å². The van der Waals surface area contributed by atoms with Gasteiger partial charge in [-0.3, -0.25) is 4.79 Å². The highest BCUT2D eigenvalue weighted by Crippen LogP contribution is 2.45. The maximum absolute atomic E-state index is 12.7. The maximum Gasteiger partial charge on any atom is 0.330 e. The van der Waals surface area contributed by atoms with Crippen molar-refractivity contribution in [1.82, 2.24) is 5.32 Å². The van der Waals surface area contributed by atoms with Gasteiger partial charge in [0, 0.05) is 26.3 Å². The molecule has 23 heteroatoms. The van der Waals surface area contributed by atoms with E-state index in [0.29, 0.717) is 19.8 Å². The minimum absolute atomic E-state index is 0.0538. The van der Waals surface area contributed by atoms with Crippen molar-refractivity contribution >= 4 is 14.5 Å². The zero-order valence-electron chi connectivity index (χ0n) is 30.9. The molecule has 10 N–H and O–H groups in total. The second-order valence-electron chi connectivity index (χ2n) is 13.9. The number of ether oxygens (including phenoxy) is 10. The Morgan fingerprint density at radius 3 is 1.95 bits per heavy atom. The van der Waals surface area contributed by atoms with E-state index in [1.807, 2.05) is 0 Å². The fourth-order valence-electron chi connectivity index (χ4n) is 6.82. The molecular formula is C32H57N2O20P. The number of hydrogen-bond donors (Lipinski definition) is 9. The molecule has 320 valence electrons. The minimum Gasteiger partial charge on any atom is -0.394 e. The van der Waals surface area contributed by atoms with Crippen LogP contribution in [0.4, 0.5) is 0 Å². The number of aliphatic hydroxyl groups excluding tert-OH is 6. The molecule has 5 heterocycles. The lowest BCUT2D eigenvalue weighted by molar-refractivity contribution is -0.386. The normalized spacial score (nSPS) is 45.2. The van der Waals surface area contributed by atoms with Gasteiger partial charge in [0.15, 0.2) is 25.2 Å². The van der Waals surface area contributed by atoms with Crippen LogP contribution < -0.4 is 11.1 Å². The molecule has 19 atom stereocenters. The van der Waals surface area contributed by atoms with E-state index < -0.39 is 132 Å². The second kappa shape index (κ2) is 21.4. The summed E-state index contributed by atoms with van der Waals surface area (Å²) in [4.78, 5) is 22.9. The van der Waals surface area contributed by atoms with Crippen molar-refractivity contribution in [3.05, 3.63) is 0 Å². The smallest absolute Gasteiger partial charge is 0.330 e. The summed E-state index contributed by atoms with van der Waals surface area (Å²) in [7, 11) is -2.38. The van der Waals surface area contributed by atoms with Crippen LogP contribution in [0.2, 0.25) is 0 Å². The fraction of sp³-hybridized carbons (Fsp3) is 0.969. The number of rotatable bonds is 17. The number of aliphatic hydroxyl groups is 6. The molecule has 5 fully saturated rings. The van der Waals surface area contributed by atoms with Gasteiger partial charge in [-0.05, 0) is 13.8 Å². The van der Waals surface area contributed by atoms with Gasteiger partial charge < -0.3 is 103 Å². The maximum atomic E-state index is 12.7. The van der Waals surface area contributed by atoms with Gasteiger partial charge in [0.05, 0.1) is 70.7 Å². The second-order valence-corrected chi connectivity index (χ2v) is 14.9. The summed E-state index contributed by atoms with van der Waals surface area (Å²) in [5.41, 5.74) is 5.43. The number of fused-ring (bicyclic) bond motifs is 1. The largest absolute Gasteiger partial charge is 0.394 e. The molecule has 0 aromatic rings. The molecule has 0 aromatic carbocycles. The molecule has 0 spiro atoms. The lowest BCUT2D eigenvalue weighted by Gasteiger charge is -2.51. The minimum atomic E-state index is -2.38. The number of hydrogen-bond acceptors (Lipinski definition) is 21. The summed E-state index contributed by atoms with van der Waals surface area (Å²) in [6, 6.07) is -1.24. The van der Waals surface area contributed by atoms with E-state index in [-0.39, 0.29) is 39.3 Å². The van der Waals surface area contributed by atoms with Crippen LogP contribution in [0.25, 0.3) is 0 Å². The topological polar surface area (TPSA) is 307 Å². The van der Waals surface area contributed by atoms with Crippen molar-refractivity contribution in [3.63, 3.8) is 0 Å². The average Bonchev–Trinajstić information content (AvgIpc) is 3.13. The van der Waals surface area contributed by atoms with E-state index in [0.717, 1.165) is 0 Å². The van der Waals surface area contributed by atoms with E-state index in [2.05, 4.69) is 5.32 Å². The van der Waals surface area contributed by atoms with Crippen LogP contribution >= 0.6 is 8.60 Å². The van der Waals surface area contributed by atoms with Crippen molar-refractivity contribution in [1.29, 1.82) is 0 Å². The first kappa shape index (κ1) is 45.2. The van der Waals surface area contributed by atoms with Crippen LogP contribution in [0.15, 0.2) is 0 Å². The third-order valence-electron chi connectivity index (χ3n) is 9.77. The van der Waals surface area contributed by atoms with E-state index >= 15 is 0 Å². The molecule has 0 aromatic heterocycles. The third kappa shape index (κ3) is 11.9. The third-order valence-corrected chi connectivity index (χ3v) is 10.6. The monoisotopic (exact) mass is 820 g/mol. The van der Waals surface area contributed by atoms with E-state index in [1.54, 1.807) is 13.8 Å². The highest BCUT2D eigenvalue weighted by molar-refractivity contribution is 7.40.